The summed E-state index contributed by atoms with van der Waals surface area (Å²) in [6.45, 7) is 0. The molecule has 0 bridgehead atoms. The first-order valence-corrected chi connectivity index (χ1v) is 5.68. The monoisotopic (exact) mass is 311 g/mol. The second-order valence-electron chi connectivity index (χ2n) is 3.33. The summed E-state index contributed by atoms with van der Waals surface area (Å²) in [6, 6.07) is 7.07. The van der Waals surface area contributed by atoms with Crippen LogP contribution >= 0.6 is 15.9 Å². The Labute approximate surface area is 110 Å². The lowest BCUT2D eigenvalue weighted by Gasteiger charge is -2.08. The normalized spacial score (nSPS) is 10.1. The van der Waals surface area contributed by atoms with E-state index < -0.39 is 11.8 Å². The van der Waals surface area contributed by atoms with Crippen molar-refractivity contribution >= 4 is 21.9 Å². The van der Waals surface area contributed by atoms with Gasteiger partial charge in [0, 0.05) is 6.20 Å². The molecule has 0 saturated carbocycles. The van der Waals surface area contributed by atoms with Gasteiger partial charge in [0.15, 0.2) is 11.4 Å². The summed E-state index contributed by atoms with van der Waals surface area (Å²) in [5.74, 6) is -1.19. The van der Waals surface area contributed by atoms with Crippen molar-refractivity contribution in [2.24, 2.45) is 0 Å². The van der Waals surface area contributed by atoms with E-state index in [0.29, 0.717) is 5.75 Å². The first-order chi connectivity index (χ1) is 8.58. The minimum atomic E-state index is -1.19. The SMILES string of the molecule is O=C(O)c1ncccc1Oc1ccc(F)c(Br)c1. The summed E-state index contributed by atoms with van der Waals surface area (Å²) >= 11 is 3.02. The number of pyridine rings is 1. The predicted molar refractivity (Wildman–Crippen MR) is 65.4 cm³/mol. The van der Waals surface area contributed by atoms with Crippen molar-refractivity contribution in [2.75, 3.05) is 0 Å². The number of ether oxygens (including phenoxy) is 1. The molecule has 0 aliphatic rings. The summed E-state index contributed by atoms with van der Waals surface area (Å²) in [5, 5.41) is 8.93. The van der Waals surface area contributed by atoms with Gasteiger partial charge >= 0.3 is 5.97 Å². The molecule has 6 heteroatoms. The molecule has 0 fully saturated rings. The Morgan fingerprint density at radius 2 is 2.17 bits per heavy atom. The third-order valence-electron chi connectivity index (χ3n) is 2.09. The summed E-state index contributed by atoms with van der Waals surface area (Å²) in [4.78, 5) is 14.6. The fourth-order valence-corrected chi connectivity index (χ4v) is 1.66. The quantitative estimate of drug-likeness (QED) is 0.943. The average molecular weight is 312 g/mol. The molecular formula is C12H7BrFNO3. The van der Waals surface area contributed by atoms with Gasteiger partial charge < -0.3 is 9.84 Å². The van der Waals surface area contributed by atoms with Gasteiger partial charge in [0.1, 0.15) is 11.6 Å². The molecular weight excluding hydrogens is 305 g/mol. The average Bonchev–Trinajstić information content (AvgIpc) is 2.34. The zero-order valence-corrected chi connectivity index (χ0v) is 10.5. The van der Waals surface area contributed by atoms with Crippen LogP contribution in [0.15, 0.2) is 41.0 Å². The maximum Gasteiger partial charge on any atom is 0.358 e. The maximum absolute atomic E-state index is 13.0. The third-order valence-corrected chi connectivity index (χ3v) is 2.70. The predicted octanol–water partition coefficient (Wildman–Crippen LogP) is 3.47. The number of aromatic carboxylic acids is 1. The molecule has 1 N–H and O–H groups in total. The summed E-state index contributed by atoms with van der Waals surface area (Å²) in [6.07, 6.45) is 1.36. The van der Waals surface area contributed by atoms with Crippen LogP contribution in [0.25, 0.3) is 0 Å². The molecule has 0 saturated heterocycles. The van der Waals surface area contributed by atoms with Crippen LogP contribution in [0, 0.1) is 5.82 Å². The van der Waals surface area contributed by atoms with Gasteiger partial charge in [-0.25, -0.2) is 14.2 Å². The van der Waals surface area contributed by atoms with Crippen LogP contribution < -0.4 is 4.74 Å². The van der Waals surface area contributed by atoms with Crippen molar-refractivity contribution in [3.63, 3.8) is 0 Å². The van der Waals surface area contributed by atoms with Crippen molar-refractivity contribution in [3.05, 3.63) is 52.5 Å². The van der Waals surface area contributed by atoms with Gasteiger partial charge in [-0.2, -0.15) is 0 Å². The van der Waals surface area contributed by atoms with Gasteiger partial charge in [0.2, 0.25) is 0 Å². The highest BCUT2D eigenvalue weighted by Crippen LogP contribution is 2.27. The highest BCUT2D eigenvalue weighted by molar-refractivity contribution is 9.10. The number of nitrogens with zero attached hydrogens (tertiary/aromatic N) is 1. The van der Waals surface area contributed by atoms with Crippen molar-refractivity contribution in [2.45, 2.75) is 0 Å². The van der Waals surface area contributed by atoms with E-state index in [4.69, 9.17) is 9.84 Å². The molecule has 0 atom stereocenters. The van der Waals surface area contributed by atoms with Crippen molar-refractivity contribution in [1.82, 2.24) is 4.98 Å². The number of carboxylic acid groups (broad SMARTS) is 1. The molecule has 0 aliphatic heterocycles. The van der Waals surface area contributed by atoms with Crippen LogP contribution in [0.1, 0.15) is 10.5 Å². The van der Waals surface area contributed by atoms with Crippen molar-refractivity contribution in [3.8, 4) is 11.5 Å². The molecule has 18 heavy (non-hydrogen) atoms. The third kappa shape index (κ3) is 2.65. The van der Waals surface area contributed by atoms with Gasteiger partial charge in [-0.15, -0.1) is 0 Å². The maximum atomic E-state index is 13.0. The van der Waals surface area contributed by atoms with Crippen LogP contribution in [0.4, 0.5) is 4.39 Å². The fourth-order valence-electron chi connectivity index (χ4n) is 1.30. The zero-order chi connectivity index (χ0) is 13.1. The molecule has 4 nitrogen and oxygen atoms in total. The van der Waals surface area contributed by atoms with Gasteiger partial charge in [-0.3, -0.25) is 0 Å². The van der Waals surface area contributed by atoms with E-state index in [0.717, 1.165) is 0 Å². The second kappa shape index (κ2) is 5.14. The molecule has 2 rings (SSSR count). The van der Waals surface area contributed by atoms with Crippen LogP contribution in [0.5, 0.6) is 11.5 Å². The summed E-state index contributed by atoms with van der Waals surface area (Å²) in [5.41, 5.74) is -0.196. The van der Waals surface area contributed by atoms with E-state index in [2.05, 4.69) is 20.9 Å². The Balaban J connectivity index is 2.34. The van der Waals surface area contributed by atoms with Gasteiger partial charge in [0.25, 0.3) is 0 Å². The van der Waals surface area contributed by atoms with Gasteiger partial charge in [-0.05, 0) is 46.3 Å². The number of carboxylic acids is 1. The van der Waals surface area contributed by atoms with E-state index in [-0.39, 0.29) is 15.9 Å². The summed E-state index contributed by atoms with van der Waals surface area (Å²) < 4.78 is 18.6. The largest absolute Gasteiger partial charge is 0.476 e. The van der Waals surface area contributed by atoms with Gasteiger partial charge in [0.05, 0.1) is 4.47 Å². The molecule has 0 unspecified atom stereocenters. The Morgan fingerprint density at radius 1 is 1.39 bits per heavy atom. The van der Waals surface area contributed by atoms with Crippen LogP contribution in [0.2, 0.25) is 0 Å². The lowest BCUT2D eigenvalue weighted by atomic mass is 10.3. The molecule has 0 spiro atoms. The van der Waals surface area contributed by atoms with Gasteiger partial charge in [-0.1, -0.05) is 0 Å². The number of carbonyl (C=O) groups is 1. The lowest BCUT2D eigenvalue weighted by Crippen LogP contribution is -2.02. The van der Waals surface area contributed by atoms with E-state index >= 15 is 0 Å². The summed E-state index contributed by atoms with van der Waals surface area (Å²) in [7, 11) is 0. The first kappa shape index (κ1) is 12.5. The zero-order valence-electron chi connectivity index (χ0n) is 8.93. The minimum absolute atomic E-state index is 0.100. The van der Waals surface area contributed by atoms with Crippen LogP contribution in [0.3, 0.4) is 0 Å². The fraction of sp³-hybridized carbons (Fsp3) is 0. The number of benzene rings is 1. The minimum Gasteiger partial charge on any atom is -0.476 e. The highest BCUT2D eigenvalue weighted by atomic mass is 79.9. The Morgan fingerprint density at radius 3 is 2.83 bits per heavy atom. The number of halogens is 2. The molecule has 0 aliphatic carbocycles. The molecule has 1 aromatic carbocycles. The number of rotatable bonds is 3. The molecule has 92 valence electrons. The van der Waals surface area contributed by atoms with E-state index in [1.54, 1.807) is 6.07 Å². The van der Waals surface area contributed by atoms with Crippen molar-refractivity contribution in [1.29, 1.82) is 0 Å². The molecule has 0 radical (unpaired) electrons. The molecule has 2 aromatic rings. The standard InChI is InChI=1S/C12H7BrFNO3/c13-8-6-7(3-4-9(8)14)18-10-2-1-5-15-11(10)12(16)17/h1-6H,(H,16,17). The molecule has 1 aromatic heterocycles. The highest BCUT2D eigenvalue weighted by Gasteiger charge is 2.13. The molecule has 1 heterocycles. The first-order valence-electron chi connectivity index (χ1n) is 4.89. The Kier molecular flexibility index (Phi) is 3.57. The van der Waals surface area contributed by atoms with Crippen LogP contribution in [-0.2, 0) is 0 Å². The topological polar surface area (TPSA) is 59.4 Å². The van der Waals surface area contributed by atoms with E-state index in [9.17, 15) is 9.18 Å². The number of aromatic nitrogens is 1. The van der Waals surface area contributed by atoms with E-state index in [1.165, 1.54) is 30.5 Å². The number of hydrogen-bond donors (Lipinski definition) is 1. The van der Waals surface area contributed by atoms with Crippen molar-refractivity contribution < 1.29 is 19.0 Å². The molecule has 0 amide bonds. The lowest BCUT2D eigenvalue weighted by molar-refractivity contribution is 0.0687. The van der Waals surface area contributed by atoms with Crippen LogP contribution in [-0.4, -0.2) is 16.1 Å². The second-order valence-corrected chi connectivity index (χ2v) is 4.19. The van der Waals surface area contributed by atoms with E-state index in [1.807, 2.05) is 0 Å². The Bertz CT molecular complexity index is 604. The number of hydrogen-bond acceptors (Lipinski definition) is 3. The smallest absolute Gasteiger partial charge is 0.358 e. The Hall–Kier alpha value is -1.95.